The predicted octanol–water partition coefficient (Wildman–Crippen LogP) is 6.35. The second-order valence-corrected chi connectivity index (χ2v) is 9.52. The first-order valence-electron chi connectivity index (χ1n) is 12.1. The zero-order valence-electron chi connectivity index (χ0n) is 20.8. The summed E-state index contributed by atoms with van der Waals surface area (Å²) in [5.74, 6) is 3.01. The van der Waals surface area contributed by atoms with Gasteiger partial charge in [-0.2, -0.15) is 0 Å². The third-order valence-corrected chi connectivity index (χ3v) is 7.05. The van der Waals surface area contributed by atoms with E-state index in [0.717, 1.165) is 48.0 Å². The highest BCUT2D eigenvalue weighted by atomic mass is 35.5. The van der Waals surface area contributed by atoms with Crippen molar-refractivity contribution >= 4 is 28.9 Å². The standard InChI is InChI=1S/C29H30ClN5O/c1-20-12-13-23(17-25(20)30)31-27-18-28(33-29(32-27)22-10-7-11-24(16-22)36-3)35-15-14-34(2)26(19-35)21-8-5-4-6-9-21/h4-13,16-18,26H,14-15,19H2,1-3H3,(H,31,32,33). The van der Waals surface area contributed by atoms with E-state index in [1.165, 1.54) is 5.56 Å². The third kappa shape index (κ3) is 5.30. The molecule has 0 bridgehead atoms. The summed E-state index contributed by atoms with van der Waals surface area (Å²) in [6.45, 7) is 4.65. The smallest absolute Gasteiger partial charge is 0.164 e. The molecular weight excluding hydrogens is 470 g/mol. The first kappa shape index (κ1) is 24.1. The van der Waals surface area contributed by atoms with Crippen LogP contribution in [0.3, 0.4) is 0 Å². The molecule has 36 heavy (non-hydrogen) atoms. The normalized spacial score (nSPS) is 16.1. The molecule has 0 saturated carbocycles. The highest BCUT2D eigenvalue weighted by molar-refractivity contribution is 6.31. The Kier molecular flexibility index (Phi) is 7.07. The number of benzene rings is 3. The molecule has 2 heterocycles. The number of nitrogens with zero attached hydrogens (tertiary/aromatic N) is 4. The van der Waals surface area contributed by atoms with Crippen molar-refractivity contribution in [3.63, 3.8) is 0 Å². The fourth-order valence-corrected chi connectivity index (χ4v) is 4.67. The number of rotatable bonds is 6. The molecule has 0 spiro atoms. The molecule has 1 atom stereocenters. The van der Waals surface area contributed by atoms with E-state index in [2.05, 4.69) is 52.5 Å². The second kappa shape index (κ2) is 10.6. The average Bonchev–Trinajstić information content (AvgIpc) is 2.91. The number of nitrogens with one attached hydrogen (secondary N) is 1. The Balaban J connectivity index is 1.52. The molecule has 1 aromatic heterocycles. The summed E-state index contributed by atoms with van der Waals surface area (Å²) in [4.78, 5) is 14.6. The van der Waals surface area contributed by atoms with Gasteiger partial charge in [-0.25, -0.2) is 9.97 Å². The van der Waals surface area contributed by atoms with E-state index in [1.54, 1.807) is 7.11 Å². The number of likely N-dealkylation sites (N-methyl/N-ethyl adjacent to an activating group) is 1. The van der Waals surface area contributed by atoms with Crippen molar-refractivity contribution in [2.45, 2.75) is 13.0 Å². The number of methoxy groups -OCH3 is 1. The van der Waals surface area contributed by atoms with Gasteiger partial charge in [0.05, 0.1) is 13.2 Å². The lowest BCUT2D eigenvalue weighted by atomic mass is 10.0. The molecule has 5 rings (SSSR count). The molecule has 1 aliphatic heterocycles. The van der Waals surface area contributed by atoms with Crippen molar-refractivity contribution in [3.05, 3.63) is 95.0 Å². The van der Waals surface area contributed by atoms with E-state index >= 15 is 0 Å². The molecule has 1 saturated heterocycles. The van der Waals surface area contributed by atoms with E-state index in [9.17, 15) is 0 Å². The Morgan fingerprint density at radius 3 is 2.56 bits per heavy atom. The summed E-state index contributed by atoms with van der Waals surface area (Å²) < 4.78 is 5.45. The number of hydrogen-bond donors (Lipinski definition) is 1. The first-order valence-corrected chi connectivity index (χ1v) is 12.4. The van der Waals surface area contributed by atoms with Crippen LogP contribution in [0, 0.1) is 6.92 Å². The predicted molar refractivity (Wildman–Crippen MR) is 148 cm³/mol. The molecule has 4 aromatic rings. The number of ether oxygens (including phenoxy) is 1. The Hall–Kier alpha value is -3.61. The summed E-state index contributed by atoms with van der Waals surface area (Å²) in [6, 6.07) is 26.7. The molecule has 1 fully saturated rings. The van der Waals surface area contributed by atoms with Gasteiger partial charge in [-0.3, -0.25) is 4.90 Å². The van der Waals surface area contributed by atoms with Crippen LogP contribution in [-0.2, 0) is 0 Å². The topological polar surface area (TPSA) is 53.5 Å². The Labute approximate surface area is 217 Å². The molecule has 7 heteroatoms. The number of aryl methyl sites for hydroxylation is 1. The van der Waals surface area contributed by atoms with Crippen LogP contribution in [0.25, 0.3) is 11.4 Å². The van der Waals surface area contributed by atoms with Crippen LogP contribution < -0.4 is 15.0 Å². The largest absolute Gasteiger partial charge is 0.497 e. The minimum atomic E-state index is 0.280. The zero-order valence-corrected chi connectivity index (χ0v) is 21.5. The van der Waals surface area contributed by atoms with Gasteiger partial charge in [-0.1, -0.05) is 60.1 Å². The van der Waals surface area contributed by atoms with Crippen LogP contribution in [-0.4, -0.2) is 48.7 Å². The Morgan fingerprint density at radius 1 is 0.944 bits per heavy atom. The molecular formula is C29H30ClN5O. The highest BCUT2D eigenvalue weighted by Crippen LogP contribution is 2.31. The summed E-state index contributed by atoms with van der Waals surface area (Å²) in [6.07, 6.45) is 0. The SMILES string of the molecule is COc1cccc(-c2nc(Nc3ccc(C)c(Cl)c3)cc(N3CCN(C)C(c4ccccc4)C3)n2)c1. The van der Waals surface area contributed by atoms with Crippen LogP contribution in [0.15, 0.2) is 78.9 Å². The van der Waals surface area contributed by atoms with E-state index in [0.29, 0.717) is 16.7 Å². The van der Waals surface area contributed by atoms with Crippen molar-refractivity contribution in [1.29, 1.82) is 0 Å². The van der Waals surface area contributed by atoms with Crippen molar-refractivity contribution in [2.75, 3.05) is 44.0 Å². The lowest BCUT2D eigenvalue weighted by Gasteiger charge is -2.40. The van der Waals surface area contributed by atoms with E-state index < -0.39 is 0 Å². The fourth-order valence-electron chi connectivity index (χ4n) is 4.49. The Bertz CT molecular complexity index is 1350. The summed E-state index contributed by atoms with van der Waals surface area (Å²) in [7, 11) is 3.85. The van der Waals surface area contributed by atoms with Gasteiger partial charge in [0.1, 0.15) is 17.4 Å². The van der Waals surface area contributed by atoms with Gasteiger partial charge in [0.15, 0.2) is 5.82 Å². The van der Waals surface area contributed by atoms with Crippen molar-refractivity contribution in [1.82, 2.24) is 14.9 Å². The molecule has 184 valence electrons. The summed E-state index contributed by atoms with van der Waals surface area (Å²) in [5, 5.41) is 4.15. The maximum Gasteiger partial charge on any atom is 0.164 e. The number of anilines is 3. The summed E-state index contributed by atoms with van der Waals surface area (Å²) >= 11 is 6.38. The minimum Gasteiger partial charge on any atom is -0.497 e. The van der Waals surface area contributed by atoms with Gasteiger partial charge in [-0.15, -0.1) is 0 Å². The van der Waals surface area contributed by atoms with E-state index in [-0.39, 0.29) is 6.04 Å². The highest BCUT2D eigenvalue weighted by Gasteiger charge is 2.27. The molecule has 3 aromatic carbocycles. The van der Waals surface area contributed by atoms with Gasteiger partial charge in [0.25, 0.3) is 0 Å². The van der Waals surface area contributed by atoms with Gasteiger partial charge in [0.2, 0.25) is 0 Å². The molecule has 6 nitrogen and oxygen atoms in total. The molecule has 0 amide bonds. The van der Waals surface area contributed by atoms with Crippen molar-refractivity contribution < 1.29 is 4.74 Å². The lowest BCUT2D eigenvalue weighted by molar-refractivity contribution is 0.220. The maximum absolute atomic E-state index is 6.38. The monoisotopic (exact) mass is 499 g/mol. The van der Waals surface area contributed by atoms with Crippen LogP contribution in [0.1, 0.15) is 17.2 Å². The van der Waals surface area contributed by atoms with Crippen LogP contribution in [0.5, 0.6) is 5.75 Å². The minimum absolute atomic E-state index is 0.280. The molecule has 0 radical (unpaired) electrons. The van der Waals surface area contributed by atoms with Gasteiger partial charge < -0.3 is 15.0 Å². The van der Waals surface area contributed by atoms with Gasteiger partial charge in [0, 0.05) is 42.0 Å². The Morgan fingerprint density at radius 2 is 1.78 bits per heavy atom. The number of halogens is 1. The zero-order chi connectivity index (χ0) is 25.1. The lowest BCUT2D eigenvalue weighted by Crippen LogP contribution is -2.47. The number of aromatic nitrogens is 2. The molecule has 1 aliphatic rings. The van der Waals surface area contributed by atoms with E-state index in [4.69, 9.17) is 26.3 Å². The van der Waals surface area contributed by atoms with Crippen LogP contribution in [0.4, 0.5) is 17.3 Å². The van der Waals surface area contributed by atoms with E-state index in [1.807, 2.05) is 55.5 Å². The number of piperazine rings is 1. The third-order valence-electron chi connectivity index (χ3n) is 6.64. The van der Waals surface area contributed by atoms with Crippen LogP contribution in [0.2, 0.25) is 5.02 Å². The first-order chi connectivity index (χ1) is 17.5. The summed E-state index contributed by atoms with van der Waals surface area (Å²) in [5.41, 5.74) is 4.12. The quantitative estimate of drug-likeness (QED) is 0.333. The fraction of sp³-hybridized carbons (Fsp3) is 0.241. The van der Waals surface area contributed by atoms with Crippen LogP contribution >= 0.6 is 11.6 Å². The maximum atomic E-state index is 6.38. The molecule has 1 N–H and O–H groups in total. The van der Waals surface area contributed by atoms with Crippen molar-refractivity contribution in [3.8, 4) is 17.1 Å². The second-order valence-electron chi connectivity index (χ2n) is 9.11. The van der Waals surface area contributed by atoms with Gasteiger partial charge >= 0.3 is 0 Å². The average molecular weight is 500 g/mol. The van der Waals surface area contributed by atoms with Crippen molar-refractivity contribution in [2.24, 2.45) is 0 Å². The molecule has 0 aliphatic carbocycles. The van der Waals surface area contributed by atoms with Gasteiger partial charge in [-0.05, 0) is 49.4 Å². The molecule has 1 unspecified atom stereocenters. The number of hydrogen-bond acceptors (Lipinski definition) is 6.